The van der Waals surface area contributed by atoms with Crippen molar-refractivity contribution in [2.24, 2.45) is 0 Å². The molecule has 2 heterocycles. The maximum Gasteiger partial charge on any atom is 0.226 e. The predicted octanol–water partition coefficient (Wildman–Crippen LogP) is 2.66. The first-order chi connectivity index (χ1) is 12.5. The van der Waals surface area contributed by atoms with E-state index < -0.39 is 0 Å². The van der Waals surface area contributed by atoms with Gasteiger partial charge < -0.3 is 14.7 Å². The molecule has 136 valence electrons. The van der Waals surface area contributed by atoms with Crippen LogP contribution < -0.4 is 14.7 Å². The highest BCUT2D eigenvalue weighted by molar-refractivity contribution is 5.53. The lowest BCUT2D eigenvalue weighted by Gasteiger charge is -2.39. The number of hydrogen-bond acceptors (Lipinski definition) is 6. The van der Waals surface area contributed by atoms with Crippen molar-refractivity contribution in [3.05, 3.63) is 41.8 Å². The van der Waals surface area contributed by atoms with Crippen LogP contribution in [-0.2, 0) is 0 Å². The lowest BCUT2D eigenvalue weighted by molar-refractivity contribution is 0.485. The maximum atomic E-state index is 13.8. The van der Waals surface area contributed by atoms with Gasteiger partial charge in [-0.1, -0.05) is 0 Å². The van der Waals surface area contributed by atoms with Gasteiger partial charge >= 0.3 is 0 Å². The summed E-state index contributed by atoms with van der Waals surface area (Å²) in [6, 6.07) is 8.70. The molecule has 0 aliphatic carbocycles. The minimum atomic E-state index is -0.374. The van der Waals surface area contributed by atoms with Gasteiger partial charge in [0.05, 0.1) is 11.6 Å². The summed E-state index contributed by atoms with van der Waals surface area (Å²) in [5, 5.41) is 9.08. The van der Waals surface area contributed by atoms with Crippen LogP contribution in [0, 0.1) is 17.1 Å². The van der Waals surface area contributed by atoms with Crippen molar-refractivity contribution in [2.45, 2.75) is 18.9 Å². The molecule has 1 aromatic carbocycles. The number of hydrogen-bond donors (Lipinski definition) is 0. The van der Waals surface area contributed by atoms with E-state index in [0.29, 0.717) is 11.5 Å². The number of likely N-dealkylation sites (N-methyl/N-ethyl adjacent to an activating group) is 1. The largest absolute Gasteiger partial charge is 0.369 e. The number of anilines is 3. The normalized spacial score (nSPS) is 16.9. The fourth-order valence-corrected chi connectivity index (χ4v) is 3.26. The number of nitriles is 1. The monoisotopic (exact) mass is 354 g/mol. The van der Waals surface area contributed by atoms with Crippen molar-refractivity contribution >= 4 is 17.5 Å². The molecule has 0 saturated carbocycles. The number of piperidine rings is 1. The minimum absolute atomic E-state index is 0.252. The quantitative estimate of drug-likeness (QED) is 0.841. The standard InChI is InChI=1S/C19H23FN6/c1-24(2)19-22-7-6-18(23-19)25(3)16-5-4-8-26(13-16)17-10-14(12-21)9-15(20)11-17/h6-7,9-11,16H,4-5,8,13H2,1-3H3. The Morgan fingerprint density at radius 3 is 2.81 bits per heavy atom. The van der Waals surface area contributed by atoms with Gasteiger partial charge in [0.1, 0.15) is 11.6 Å². The molecule has 1 saturated heterocycles. The average Bonchev–Trinajstić information content (AvgIpc) is 2.67. The summed E-state index contributed by atoms with van der Waals surface area (Å²) in [4.78, 5) is 15.0. The molecule has 1 aliphatic heterocycles. The summed E-state index contributed by atoms with van der Waals surface area (Å²) in [6.45, 7) is 1.61. The van der Waals surface area contributed by atoms with Gasteiger partial charge in [0.2, 0.25) is 5.95 Å². The summed E-state index contributed by atoms with van der Waals surface area (Å²) < 4.78 is 13.8. The number of benzene rings is 1. The molecule has 7 heteroatoms. The van der Waals surface area contributed by atoms with Crippen molar-refractivity contribution in [3.8, 4) is 6.07 Å². The minimum Gasteiger partial charge on any atom is -0.369 e. The molecule has 0 spiro atoms. The highest BCUT2D eigenvalue weighted by atomic mass is 19.1. The van der Waals surface area contributed by atoms with E-state index in [0.717, 1.165) is 37.4 Å². The van der Waals surface area contributed by atoms with Crippen molar-refractivity contribution in [1.82, 2.24) is 9.97 Å². The van der Waals surface area contributed by atoms with E-state index in [-0.39, 0.29) is 11.9 Å². The van der Waals surface area contributed by atoms with E-state index in [2.05, 4.69) is 19.8 Å². The predicted molar refractivity (Wildman–Crippen MR) is 101 cm³/mol. The zero-order chi connectivity index (χ0) is 18.7. The van der Waals surface area contributed by atoms with Crippen LogP contribution in [-0.4, -0.2) is 50.2 Å². The molecule has 1 aromatic heterocycles. The Balaban J connectivity index is 1.79. The third-order valence-corrected chi connectivity index (χ3v) is 4.71. The van der Waals surface area contributed by atoms with Crippen molar-refractivity contribution < 1.29 is 4.39 Å². The lowest BCUT2D eigenvalue weighted by atomic mass is 10.0. The lowest BCUT2D eigenvalue weighted by Crippen LogP contribution is -2.47. The molecule has 1 fully saturated rings. The van der Waals surface area contributed by atoms with Gasteiger partial charge in [-0.3, -0.25) is 0 Å². The first-order valence-corrected chi connectivity index (χ1v) is 8.67. The van der Waals surface area contributed by atoms with E-state index in [9.17, 15) is 4.39 Å². The molecule has 0 amide bonds. The molecule has 0 bridgehead atoms. The first-order valence-electron chi connectivity index (χ1n) is 8.67. The number of halogens is 1. The number of nitrogens with zero attached hydrogens (tertiary/aromatic N) is 6. The van der Waals surface area contributed by atoms with E-state index in [1.807, 2.05) is 38.2 Å². The second-order valence-electron chi connectivity index (χ2n) is 6.77. The van der Waals surface area contributed by atoms with Crippen LogP contribution in [0.3, 0.4) is 0 Å². The number of rotatable bonds is 4. The molecule has 1 atom stereocenters. The van der Waals surface area contributed by atoms with Gasteiger partial charge in [0, 0.05) is 52.2 Å². The Labute approximate surface area is 153 Å². The van der Waals surface area contributed by atoms with Crippen molar-refractivity contribution in [2.75, 3.05) is 48.9 Å². The van der Waals surface area contributed by atoms with Gasteiger partial charge in [-0.25, -0.2) is 9.37 Å². The maximum absolute atomic E-state index is 13.8. The van der Waals surface area contributed by atoms with Crippen LogP contribution in [0.25, 0.3) is 0 Å². The van der Waals surface area contributed by atoms with Crippen LogP contribution in [0.4, 0.5) is 21.8 Å². The summed E-state index contributed by atoms with van der Waals surface area (Å²) in [6.07, 6.45) is 3.80. The molecule has 0 N–H and O–H groups in total. The van der Waals surface area contributed by atoms with Gasteiger partial charge in [0.15, 0.2) is 0 Å². The van der Waals surface area contributed by atoms with Gasteiger partial charge in [0.25, 0.3) is 0 Å². The first kappa shape index (κ1) is 17.9. The van der Waals surface area contributed by atoms with Gasteiger partial charge in [-0.15, -0.1) is 0 Å². The molecule has 1 unspecified atom stereocenters. The Morgan fingerprint density at radius 1 is 1.27 bits per heavy atom. The fraction of sp³-hybridized carbons (Fsp3) is 0.421. The van der Waals surface area contributed by atoms with Crippen molar-refractivity contribution in [1.29, 1.82) is 5.26 Å². The molecule has 3 rings (SSSR count). The zero-order valence-corrected chi connectivity index (χ0v) is 15.4. The molecular weight excluding hydrogens is 331 g/mol. The van der Waals surface area contributed by atoms with Gasteiger partial charge in [-0.2, -0.15) is 10.2 Å². The SMILES string of the molecule is CN(C)c1nccc(N(C)C2CCCN(c3cc(F)cc(C#N)c3)C2)n1. The highest BCUT2D eigenvalue weighted by Crippen LogP contribution is 2.26. The summed E-state index contributed by atoms with van der Waals surface area (Å²) in [5.74, 6) is 1.17. The highest BCUT2D eigenvalue weighted by Gasteiger charge is 2.25. The van der Waals surface area contributed by atoms with Crippen LogP contribution in [0.1, 0.15) is 18.4 Å². The molecule has 6 nitrogen and oxygen atoms in total. The van der Waals surface area contributed by atoms with Crippen LogP contribution >= 0.6 is 0 Å². The summed E-state index contributed by atoms with van der Waals surface area (Å²) in [5.41, 5.74) is 1.11. The second-order valence-corrected chi connectivity index (χ2v) is 6.77. The van der Waals surface area contributed by atoms with E-state index in [1.165, 1.54) is 12.1 Å². The smallest absolute Gasteiger partial charge is 0.226 e. The van der Waals surface area contributed by atoms with Crippen LogP contribution in [0.2, 0.25) is 0 Å². The molecular formula is C19H23FN6. The Hall–Kier alpha value is -2.88. The van der Waals surface area contributed by atoms with Crippen molar-refractivity contribution in [3.63, 3.8) is 0 Å². The van der Waals surface area contributed by atoms with Crippen LogP contribution in [0.15, 0.2) is 30.5 Å². The van der Waals surface area contributed by atoms with E-state index in [4.69, 9.17) is 5.26 Å². The molecule has 0 radical (unpaired) electrons. The Bertz CT molecular complexity index is 816. The van der Waals surface area contributed by atoms with Crippen LogP contribution in [0.5, 0.6) is 0 Å². The topological polar surface area (TPSA) is 59.3 Å². The third-order valence-electron chi connectivity index (χ3n) is 4.71. The Morgan fingerprint density at radius 2 is 2.08 bits per heavy atom. The van der Waals surface area contributed by atoms with Gasteiger partial charge in [-0.05, 0) is 37.1 Å². The molecule has 1 aliphatic rings. The van der Waals surface area contributed by atoms with E-state index in [1.54, 1.807) is 12.3 Å². The Kier molecular flexibility index (Phi) is 5.21. The average molecular weight is 354 g/mol. The fourth-order valence-electron chi connectivity index (χ4n) is 3.26. The second kappa shape index (κ2) is 7.56. The summed E-state index contributed by atoms with van der Waals surface area (Å²) in [7, 11) is 5.86. The third kappa shape index (κ3) is 3.85. The van der Waals surface area contributed by atoms with E-state index >= 15 is 0 Å². The molecule has 2 aromatic rings. The summed E-state index contributed by atoms with van der Waals surface area (Å²) >= 11 is 0. The molecule has 26 heavy (non-hydrogen) atoms. The number of aromatic nitrogens is 2. The zero-order valence-electron chi connectivity index (χ0n) is 15.4.